The molecule has 0 aromatic rings. The Morgan fingerprint density at radius 2 is 2.00 bits per heavy atom. The summed E-state index contributed by atoms with van der Waals surface area (Å²) < 4.78 is 0. The number of hydrogen-bond donors (Lipinski definition) is 1. The molecule has 0 aromatic carbocycles. The van der Waals surface area contributed by atoms with Gasteiger partial charge in [0.05, 0.1) is 0 Å². The summed E-state index contributed by atoms with van der Waals surface area (Å²) in [5.74, 6) is 0. The van der Waals surface area contributed by atoms with Crippen molar-refractivity contribution in [1.82, 2.24) is 0 Å². The van der Waals surface area contributed by atoms with Crippen LogP contribution in [0.4, 0.5) is 0 Å². The second kappa shape index (κ2) is 5.14. The molecule has 11 heavy (non-hydrogen) atoms. The van der Waals surface area contributed by atoms with E-state index in [9.17, 15) is 0 Å². The minimum Gasteiger partial charge on any atom is -0.321 e. The molecular formula is C10H19N. The molecule has 1 nitrogen and oxygen atoms in total. The molecule has 0 saturated carbocycles. The zero-order chi connectivity index (χ0) is 8.85. The molecule has 0 heterocycles. The van der Waals surface area contributed by atoms with Gasteiger partial charge in [0, 0.05) is 6.04 Å². The number of nitrogens with two attached hydrogens (primary N) is 1. The molecule has 0 rings (SSSR count). The van der Waals surface area contributed by atoms with Gasteiger partial charge in [0.1, 0.15) is 0 Å². The Balaban J connectivity index is 3.74. The van der Waals surface area contributed by atoms with E-state index in [1.807, 2.05) is 6.92 Å². The SMILES string of the molecule is C=C(C)C(N)C(=C)CCCC. The second-order valence-electron chi connectivity index (χ2n) is 3.09. The minimum absolute atomic E-state index is 0.00144. The molecule has 0 aliphatic rings. The van der Waals surface area contributed by atoms with Crippen LogP contribution in [0, 0.1) is 0 Å². The first-order valence-electron chi connectivity index (χ1n) is 4.18. The molecule has 2 N–H and O–H groups in total. The first-order valence-corrected chi connectivity index (χ1v) is 4.18. The van der Waals surface area contributed by atoms with Gasteiger partial charge in [-0.05, 0) is 19.8 Å². The lowest BCUT2D eigenvalue weighted by Gasteiger charge is -2.13. The van der Waals surface area contributed by atoms with Gasteiger partial charge >= 0.3 is 0 Å². The molecule has 0 aromatic heterocycles. The van der Waals surface area contributed by atoms with Crippen LogP contribution >= 0.6 is 0 Å². The molecule has 0 saturated heterocycles. The molecule has 0 aliphatic heterocycles. The van der Waals surface area contributed by atoms with Crippen molar-refractivity contribution in [3.05, 3.63) is 24.3 Å². The third-order valence-corrected chi connectivity index (χ3v) is 1.82. The molecule has 0 bridgehead atoms. The maximum Gasteiger partial charge on any atom is 0.0462 e. The normalized spacial score (nSPS) is 12.6. The lowest BCUT2D eigenvalue weighted by Crippen LogP contribution is -2.22. The fraction of sp³-hybridized carbons (Fsp3) is 0.600. The highest BCUT2D eigenvalue weighted by Gasteiger charge is 2.05. The van der Waals surface area contributed by atoms with Crippen LogP contribution in [-0.2, 0) is 0 Å². The van der Waals surface area contributed by atoms with E-state index in [2.05, 4.69) is 20.1 Å². The predicted octanol–water partition coefficient (Wildman–Crippen LogP) is 2.64. The van der Waals surface area contributed by atoms with Gasteiger partial charge in [-0.3, -0.25) is 0 Å². The first kappa shape index (κ1) is 10.4. The summed E-state index contributed by atoms with van der Waals surface area (Å²) in [6.45, 7) is 11.8. The highest BCUT2D eigenvalue weighted by Crippen LogP contribution is 2.12. The Morgan fingerprint density at radius 3 is 2.36 bits per heavy atom. The Labute approximate surface area is 70.0 Å². The van der Waals surface area contributed by atoms with Gasteiger partial charge in [-0.1, -0.05) is 37.6 Å². The zero-order valence-electron chi connectivity index (χ0n) is 7.69. The Kier molecular flexibility index (Phi) is 4.88. The van der Waals surface area contributed by atoms with Crippen LogP contribution in [-0.4, -0.2) is 6.04 Å². The summed E-state index contributed by atoms with van der Waals surface area (Å²) in [6, 6.07) is 0.00144. The summed E-state index contributed by atoms with van der Waals surface area (Å²) in [6.07, 6.45) is 3.41. The van der Waals surface area contributed by atoms with E-state index in [-0.39, 0.29) is 6.04 Å². The number of rotatable bonds is 5. The van der Waals surface area contributed by atoms with Crippen molar-refractivity contribution >= 4 is 0 Å². The average molecular weight is 153 g/mol. The zero-order valence-corrected chi connectivity index (χ0v) is 7.69. The van der Waals surface area contributed by atoms with Crippen LogP contribution in [0.1, 0.15) is 33.1 Å². The topological polar surface area (TPSA) is 26.0 Å². The van der Waals surface area contributed by atoms with E-state index in [0.717, 1.165) is 17.6 Å². The van der Waals surface area contributed by atoms with Crippen LogP contribution in [0.3, 0.4) is 0 Å². The van der Waals surface area contributed by atoms with Crippen molar-refractivity contribution in [3.63, 3.8) is 0 Å². The summed E-state index contributed by atoms with van der Waals surface area (Å²) in [5.41, 5.74) is 7.92. The smallest absolute Gasteiger partial charge is 0.0462 e. The lowest BCUT2D eigenvalue weighted by molar-refractivity contribution is 0.735. The summed E-state index contributed by atoms with van der Waals surface area (Å²) in [7, 11) is 0. The van der Waals surface area contributed by atoms with Gasteiger partial charge in [-0.2, -0.15) is 0 Å². The van der Waals surface area contributed by atoms with Crippen molar-refractivity contribution in [2.24, 2.45) is 5.73 Å². The molecule has 0 fully saturated rings. The minimum atomic E-state index is 0.00144. The Hall–Kier alpha value is -0.560. The molecule has 1 unspecified atom stereocenters. The van der Waals surface area contributed by atoms with Crippen LogP contribution in [0.25, 0.3) is 0 Å². The van der Waals surface area contributed by atoms with E-state index in [1.54, 1.807) is 0 Å². The van der Waals surface area contributed by atoms with E-state index in [0.29, 0.717) is 0 Å². The van der Waals surface area contributed by atoms with E-state index < -0.39 is 0 Å². The lowest BCUT2D eigenvalue weighted by atomic mass is 9.99. The molecule has 0 amide bonds. The Bertz CT molecular complexity index is 147. The molecule has 0 spiro atoms. The number of unbranched alkanes of at least 4 members (excludes halogenated alkanes) is 1. The number of hydrogen-bond acceptors (Lipinski definition) is 1. The van der Waals surface area contributed by atoms with E-state index in [4.69, 9.17) is 5.73 Å². The molecule has 1 heteroatoms. The average Bonchev–Trinajstić information content (AvgIpc) is 1.98. The fourth-order valence-electron chi connectivity index (χ4n) is 0.908. The summed E-state index contributed by atoms with van der Waals surface area (Å²) in [4.78, 5) is 0. The standard InChI is InChI=1S/C10H19N/c1-5-6-7-9(4)10(11)8(2)3/h10H,2,4-7,11H2,1,3H3. The third kappa shape index (κ3) is 3.99. The van der Waals surface area contributed by atoms with Crippen LogP contribution in [0.2, 0.25) is 0 Å². The summed E-state index contributed by atoms with van der Waals surface area (Å²) >= 11 is 0. The summed E-state index contributed by atoms with van der Waals surface area (Å²) in [5, 5.41) is 0. The largest absolute Gasteiger partial charge is 0.321 e. The highest BCUT2D eigenvalue weighted by atomic mass is 14.6. The van der Waals surface area contributed by atoms with Gasteiger partial charge in [0.15, 0.2) is 0 Å². The Morgan fingerprint density at radius 1 is 1.45 bits per heavy atom. The quantitative estimate of drug-likeness (QED) is 0.604. The maximum absolute atomic E-state index is 5.80. The highest BCUT2D eigenvalue weighted by molar-refractivity contribution is 5.18. The van der Waals surface area contributed by atoms with Gasteiger partial charge in [-0.15, -0.1) is 0 Å². The van der Waals surface area contributed by atoms with E-state index >= 15 is 0 Å². The van der Waals surface area contributed by atoms with Gasteiger partial charge < -0.3 is 5.73 Å². The third-order valence-electron chi connectivity index (χ3n) is 1.82. The second-order valence-corrected chi connectivity index (χ2v) is 3.09. The van der Waals surface area contributed by atoms with Crippen LogP contribution < -0.4 is 5.73 Å². The van der Waals surface area contributed by atoms with E-state index in [1.165, 1.54) is 12.8 Å². The first-order chi connectivity index (χ1) is 5.09. The fourth-order valence-corrected chi connectivity index (χ4v) is 0.908. The van der Waals surface area contributed by atoms with Gasteiger partial charge in [-0.25, -0.2) is 0 Å². The monoisotopic (exact) mass is 153 g/mol. The van der Waals surface area contributed by atoms with Gasteiger partial charge in [0.25, 0.3) is 0 Å². The molecule has 0 aliphatic carbocycles. The van der Waals surface area contributed by atoms with Crippen molar-refractivity contribution < 1.29 is 0 Å². The predicted molar refractivity (Wildman–Crippen MR) is 51.5 cm³/mol. The van der Waals surface area contributed by atoms with Crippen molar-refractivity contribution in [2.75, 3.05) is 0 Å². The van der Waals surface area contributed by atoms with Crippen LogP contribution in [0.5, 0.6) is 0 Å². The molecule has 0 radical (unpaired) electrons. The molecule has 1 atom stereocenters. The molecular weight excluding hydrogens is 134 g/mol. The molecule has 64 valence electrons. The van der Waals surface area contributed by atoms with Crippen molar-refractivity contribution in [2.45, 2.75) is 39.2 Å². The van der Waals surface area contributed by atoms with Gasteiger partial charge in [0.2, 0.25) is 0 Å². The maximum atomic E-state index is 5.80. The van der Waals surface area contributed by atoms with Crippen LogP contribution in [0.15, 0.2) is 24.3 Å². The van der Waals surface area contributed by atoms with Crippen molar-refractivity contribution in [1.29, 1.82) is 0 Å². The van der Waals surface area contributed by atoms with Crippen molar-refractivity contribution in [3.8, 4) is 0 Å².